The van der Waals surface area contributed by atoms with Gasteiger partial charge in [0.2, 0.25) is 11.4 Å². The molecule has 0 bridgehead atoms. The average molecular weight is 1040 g/mol. The van der Waals surface area contributed by atoms with Crippen LogP contribution >= 0.6 is 0 Å². The highest BCUT2D eigenvalue weighted by Gasteiger charge is 2.60. The van der Waals surface area contributed by atoms with Gasteiger partial charge < -0.3 is 9.80 Å². The molecule has 10 heteroatoms. The van der Waals surface area contributed by atoms with Crippen LogP contribution in [-0.4, -0.2) is 29.7 Å². The van der Waals surface area contributed by atoms with E-state index in [0.29, 0.717) is 45.6 Å². The van der Waals surface area contributed by atoms with E-state index in [1.807, 2.05) is 116 Å². The highest BCUT2D eigenvalue weighted by Crippen LogP contribution is 2.52. The smallest absolute Gasteiger partial charge is 0.310 e. The average Bonchev–Trinajstić information content (AvgIpc) is 3.10. The lowest BCUT2D eigenvalue weighted by atomic mass is 9.92. The van der Waals surface area contributed by atoms with Crippen LogP contribution in [0.1, 0.15) is 97.7 Å². The fourth-order valence-corrected chi connectivity index (χ4v) is 12.6. The number of alkyl halides is 4. The van der Waals surface area contributed by atoms with Crippen LogP contribution in [0.25, 0.3) is 22.3 Å². The summed E-state index contributed by atoms with van der Waals surface area (Å²) in [5, 5.41) is 0. The Morgan fingerprint density at radius 2 is 0.654 bits per heavy atom. The van der Waals surface area contributed by atoms with Gasteiger partial charge in [0.15, 0.2) is 11.4 Å². The quantitative estimate of drug-likeness (QED) is 0.0817. The van der Waals surface area contributed by atoms with Crippen LogP contribution in [0, 0.1) is 41.5 Å². The lowest BCUT2D eigenvalue weighted by Gasteiger charge is -2.29. The van der Waals surface area contributed by atoms with E-state index in [1.54, 1.807) is 27.7 Å². The molecule has 4 aliphatic rings. The molecule has 6 aromatic carbocycles. The summed E-state index contributed by atoms with van der Waals surface area (Å²) in [6, 6.07) is 54.0. The molecule has 4 aliphatic heterocycles. The van der Waals surface area contributed by atoms with Crippen LogP contribution in [0.15, 0.2) is 191 Å². The molecule has 6 nitrogen and oxygen atoms in total. The summed E-state index contributed by atoms with van der Waals surface area (Å²) >= 11 is 0. The Bertz CT molecular complexity index is 3800. The standard InChI is InChI=1S/C68H62F4N6/c1-39-43(5)63-61(64-44(6)40(2)48(10)76(64)67(69,70)75(63)47(39)9)53-21-19-27-59(37-53)73(55-23-15-13-16-24-55)57-33-29-51(30-34-57)52-31-35-58(36-32-52)74(56-25-17-14-18-26-56)60-28-20-22-54(38-60)62-65-45(7)41(3)49(11)77(65)68(71,72)78-50(12)42(4)46(8)66(62)78/h13-38H,1-12H3/q+2. The maximum atomic E-state index is 16.9. The number of benzene rings is 6. The van der Waals surface area contributed by atoms with Crippen LogP contribution in [0.5, 0.6) is 0 Å². The molecule has 12 rings (SSSR count). The summed E-state index contributed by atoms with van der Waals surface area (Å²) in [5.74, 6) is 0. The molecule has 0 N–H and O–H groups in total. The SMILES string of the molecule is CC1=C(C)C(C)=[N+]2C1=C(c1cccc(N(c3ccccc3)c3ccc(-c4ccc(N(c5ccccc5)c5cccc(C6=C7C(C)=C(C)C(C)=[N+]7C(F)(F)n7c(C)c(C)c(C)c76)c5)cc4)cc3)c1)c1c(C)c(C)c(C)n1C2(F)F. The highest BCUT2D eigenvalue weighted by molar-refractivity contribution is 6.02. The van der Waals surface area contributed by atoms with Gasteiger partial charge in [0.05, 0.1) is 22.5 Å². The molecule has 6 heterocycles. The highest BCUT2D eigenvalue weighted by atomic mass is 19.3. The summed E-state index contributed by atoms with van der Waals surface area (Å²) in [6.45, 7) is 22.7. The zero-order chi connectivity index (χ0) is 55.0. The van der Waals surface area contributed by atoms with Crippen molar-refractivity contribution in [3.05, 3.63) is 248 Å². The van der Waals surface area contributed by atoms with E-state index in [1.165, 1.54) is 18.3 Å². The second-order valence-electron chi connectivity index (χ2n) is 21.4. The molecule has 0 saturated carbocycles. The first-order chi connectivity index (χ1) is 37.2. The molecular formula is C68H62F4N6+2. The van der Waals surface area contributed by atoms with E-state index in [-0.39, 0.29) is 0 Å². The van der Waals surface area contributed by atoms with Crippen LogP contribution in [0.2, 0.25) is 0 Å². The molecule has 0 saturated heterocycles. The van der Waals surface area contributed by atoms with E-state index in [2.05, 4.69) is 107 Å². The summed E-state index contributed by atoms with van der Waals surface area (Å²) in [4.78, 5) is 4.42. The Morgan fingerprint density at radius 3 is 1.00 bits per heavy atom. The molecular weight excluding hydrogens is 977 g/mol. The topological polar surface area (TPSA) is 22.4 Å². The fraction of sp³-hybridized carbons (Fsp3) is 0.206. The van der Waals surface area contributed by atoms with Crippen molar-refractivity contribution in [2.45, 2.75) is 95.4 Å². The van der Waals surface area contributed by atoms with Crippen molar-refractivity contribution in [3.63, 3.8) is 0 Å². The first-order valence-electron chi connectivity index (χ1n) is 26.6. The molecule has 0 radical (unpaired) electrons. The Balaban J connectivity index is 0.916. The fourth-order valence-electron chi connectivity index (χ4n) is 12.6. The third kappa shape index (κ3) is 7.21. The predicted molar refractivity (Wildman–Crippen MR) is 310 cm³/mol. The number of hydrogen-bond donors (Lipinski definition) is 0. The number of halogens is 4. The lowest BCUT2D eigenvalue weighted by molar-refractivity contribution is -0.676. The zero-order valence-corrected chi connectivity index (χ0v) is 46.2. The van der Waals surface area contributed by atoms with E-state index >= 15 is 17.6 Å². The van der Waals surface area contributed by atoms with Crippen molar-refractivity contribution in [3.8, 4) is 11.1 Å². The number of rotatable bonds is 9. The Morgan fingerprint density at radius 1 is 0.333 bits per heavy atom. The maximum absolute atomic E-state index is 16.9. The number of para-hydroxylation sites is 2. The van der Waals surface area contributed by atoms with E-state index in [4.69, 9.17) is 0 Å². The summed E-state index contributed by atoms with van der Waals surface area (Å²) in [5.41, 5.74) is 22.1. The predicted octanol–water partition coefficient (Wildman–Crippen LogP) is 18.0. The Kier molecular flexibility index (Phi) is 11.6. The zero-order valence-electron chi connectivity index (χ0n) is 46.2. The number of hydrogen-bond acceptors (Lipinski definition) is 2. The molecule has 0 atom stereocenters. The number of nitrogens with zero attached hydrogens (tertiary/aromatic N) is 6. The Hall–Kier alpha value is -8.50. The van der Waals surface area contributed by atoms with Gasteiger partial charge in [-0.3, -0.25) is 0 Å². The van der Waals surface area contributed by atoms with E-state index in [9.17, 15) is 0 Å². The second kappa shape index (κ2) is 18.0. The van der Waals surface area contributed by atoms with Crippen LogP contribution in [-0.2, 0) is 12.3 Å². The van der Waals surface area contributed by atoms with Gasteiger partial charge >= 0.3 is 12.3 Å². The first-order valence-corrected chi connectivity index (χ1v) is 26.6. The van der Waals surface area contributed by atoms with Crippen LogP contribution < -0.4 is 9.80 Å². The summed E-state index contributed by atoms with van der Waals surface area (Å²) in [7, 11) is 0. The lowest BCUT2D eigenvalue weighted by Crippen LogP contribution is -2.43. The van der Waals surface area contributed by atoms with Gasteiger partial charge in [-0.05, 0) is 187 Å². The number of fused-ring (bicyclic) bond motifs is 4. The first kappa shape index (κ1) is 50.3. The summed E-state index contributed by atoms with van der Waals surface area (Å²) in [6.07, 6.45) is -6.58. The summed E-state index contributed by atoms with van der Waals surface area (Å²) < 4.78 is 72.5. The molecule has 0 aliphatic carbocycles. The van der Waals surface area contributed by atoms with E-state index < -0.39 is 12.3 Å². The van der Waals surface area contributed by atoms with Gasteiger partial charge in [0.25, 0.3) is 0 Å². The van der Waals surface area contributed by atoms with Gasteiger partial charge in [0, 0.05) is 81.7 Å². The largest absolute Gasteiger partial charge is 0.565 e. The minimum atomic E-state index is -3.29. The third-order valence-corrected chi connectivity index (χ3v) is 17.5. The van der Waals surface area contributed by atoms with E-state index in [0.717, 1.165) is 112 Å². The van der Waals surface area contributed by atoms with Gasteiger partial charge in [0.1, 0.15) is 0 Å². The van der Waals surface area contributed by atoms with Crippen molar-refractivity contribution in [2.75, 3.05) is 9.80 Å². The molecule has 8 aromatic rings. The maximum Gasteiger partial charge on any atom is 0.565 e. The van der Waals surface area contributed by atoms with Gasteiger partial charge in [-0.2, -0.15) is 0 Å². The van der Waals surface area contributed by atoms with Crippen LogP contribution in [0.3, 0.4) is 0 Å². The van der Waals surface area contributed by atoms with Gasteiger partial charge in [-0.25, -0.2) is 9.13 Å². The second-order valence-corrected chi connectivity index (χ2v) is 21.4. The van der Waals surface area contributed by atoms with Crippen molar-refractivity contribution in [2.24, 2.45) is 0 Å². The molecule has 0 spiro atoms. The molecule has 2 aromatic heterocycles. The third-order valence-electron chi connectivity index (χ3n) is 17.5. The van der Waals surface area contributed by atoms with Crippen molar-refractivity contribution < 1.29 is 26.7 Å². The van der Waals surface area contributed by atoms with Crippen molar-refractivity contribution in [1.29, 1.82) is 0 Å². The molecule has 390 valence electrons. The van der Waals surface area contributed by atoms with Crippen LogP contribution in [0.4, 0.5) is 51.7 Å². The molecule has 0 unspecified atom stereocenters. The molecule has 0 fully saturated rings. The molecule has 0 amide bonds. The Labute approximate surface area is 454 Å². The van der Waals surface area contributed by atoms with Gasteiger partial charge in [-0.15, -0.1) is 26.7 Å². The minimum Gasteiger partial charge on any atom is -0.310 e. The monoisotopic (exact) mass is 1040 g/mol. The number of anilines is 6. The number of allylic oxidation sites excluding steroid dienone is 4. The van der Waals surface area contributed by atoms with Crippen molar-refractivity contribution in [1.82, 2.24) is 9.13 Å². The normalized spacial score (nSPS) is 16.4. The van der Waals surface area contributed by atoms with Crippen molar-refractivity contribution >= 4 is 56.7 Å². The minimum absolute atomic E-state index is 0.544. The van der Waals surface area contributed by atoms with Gasteiger partial charge in [-0.1, -0.05) is 84.9 Å². The molecule has 78 heavy (non-hydrogen) atoms. The number of aromatic nitrogens is 2.